The van der Waals surface area contributed by atoms with Crippen LogP contribution in [-0.2, 0) is 0 Å². The van der Waals surface area contributed by atoms with Gasteiger partial charge in [0.15, 0.2) is 0 Å². The number of rotatable bonds is 4. The van der Waals surface area contributed by atoms with Gasteiger partial charge in [-0.1, -0.05) is 29.8 Å². The second kappa shape index (κ2) is 9.19. The van der Waals surface area contributed by atoms with Gasteiger partial charge in [-0.25, -0.2) is 0 Å². The number of hydrogen-bond acceptors (Lipinski definition) is 3. The van der Waals surface area contributed by atoms with Crippen LogP contribution in [0.1, 0.15) is 60.0 Å². The molecule has 1 atom stereocenters. The van der Waals surface area contributed by atoms with Gasteiger partial charge in [-0.3, -0.25) is 14.5 Å². The van der Waals surface area contributed by atoms with E-state index in [-0.39, 0.29) is 23.4 Å². The van der Waals surface area contributed by atoms with E-state index in [9.17, 15) is 9.59 Å². The van der Waals surface area contributed by atoms with Gasteiger partial charge >= 0.3 is 0 Å². The molecular formula is C24H30ClN3O2. The van der Waals surface area contributed by atoms with E-state index >= 15 is 0 Å². The number of carbonyl (C=O) groups excluding carboxylic acids is 2. The van der Waals surface area contributed by atoms with E-state index in [1.54, 1.807) is 24.3 Å². The van der Waals surface area contributed by atoms with Crippen molar-refractivity contribution in [2.75, 3.05) is 26.2 Å². The van der Waals surface area contributed by atoms with Crippen molar-refractivity contribution in [3.05, 3.63) is 70.2 Å². The summed E-state index contributed by atoms with van der Waals surface area (Å²) < 4.78 is 0. The Morgan fingerprint density at radius 3 is 2.07 bits per heavy atom. The van der Waals surface area contributed by atoms with Crippen LogP contribution >= 0.6 is 11.6 Å². The van der Waals surface area contributed by atoms with Crippen LogP contribution < -0.4 is 5.32 Å². The molecule has 0 aromatic heterocycles. The Morgan fingerprint density at radius 1 is 0.933 bits per heavy atom. The van der Waals surface area contributed by atoms with Crippen molar-refractivity contribution in [3.8, 4) is 0 Å². The summed E-state index contributed by atoms with van der Waals surface area (Å²) in [6, 6.07) is 15.0. The number of nitrogens with one attached hydrogen (secondary N) is 1. The zero-order valence-electron chi connectivity index (χ0n) is 18.1. The highest BCUT2D eigenvalue weighted by Gasteiger charge is 2.26. The molecule has 0 saturated carbocycles. The molecule has 3 rings (SSSR count). The van der Waals surface area contributed by atoms with E-state index < -0.39 is 0 Å². The van der Waals surface area contributed by atoms with E-state index in [2.05, 4.69) is 23.2 Å². The molecule has 1 aliphatic heterocycles. The second-order valence-corrected chi connectivity index (χ2v) is 9.21. The summed E-state index contributed by atoms with van der Waals surface area (Å²) >= 11 is 6.35. The van der Waals surface area contributed by atoms with Gasteiger partial charge in [0.25, 0.3) is 11.8 Å². The molecule has 0 radical (unpaired) electrons. The first-order chi connectivity index (χ1) is 14.2. The Kier molecular flexibility index (Phi) is 6.84. The van der Waals surface area contributed by atoms with Crippen LogP contribution in [0.5, 0.6) is 0 Å². The van der Waals surface area contributed by atoms with Gasteiger partial charge in [-0.2, -0.15) is 0 Å². The summed E-state index contributed by atoms with van der Waals surface area (Å²) in [5.74, 6) is -0.133. The number of carbonyl (C=O) groups is 2. The Labute approximate surface area is 184 Å². The van der Waals surface area contributed by atoms with E-state index in [0.29, 0.717) is 24.2 Å². The SMILES string of the molecule is CC(c1ccccc1Cl)N1CCN(C(=O)c2ccc(C(=O)NC(C)(C)C)cc2)CC1. The topological polar surface area (TPSA) is 52.7 Å². The number of nitrogens with zero attached hydrogens (tertiary/aromatic N) is 2. The van der Waals surface area contributed by atoms with Crippen LogP contribution in [0.3, 0.4) is 0 Å². The fraction of sp³-hybridized carbons (Fsp3) is 0.417. The van der Waals surface area contributed by atoms with E-state index in [1.165, 1.54) is 0 Å². The van der Waals surface area contributed by atoms with Crippen LogP contribution in [0.4, 0.5) is 0 Å². The standard InChI is InChI=1S/C24H30ClN3O2/c1-17(20-7-5-6-8-21(20)25)27-13-15-28(16-14-27)23(30)19-11-9-18(10-12-19)22(29)26-24(2,3)4/h5-12,17H,13-16H2,1-4H3,(H,26,29). The van der Waals surface area contributed by atoms with Crippen molar-refractivity contribution in [2.24, 2.45) is 0 Å². The molecule has 0 aliphatic carbocycles. The lowest BCUT2D eigenvalue weighted by atomic mass is 10.1. The maximum atomic E-state index is 12.9. The lowest BCUT2D eigenvalue weighted by Crippen LogP contribution is -2.49. The van der Waals surface area contributed by atoms with Gasteiger partial charge in [-0.15, -0.1) is 0 Å². The van der Waals surface area contributed by atoms with Crippen LogP contribution in [0.2, 0.25) is 5.02 Å². The first-order valence-electron chi connectivity index (χ1n) is 10.4. The first kappa shape index (κ1) is 22.3. The summed E-state index contributed by atoms with van der Waals surface area (Å²) in [6.07, 6.45) is 0. The second-order valence-electron chi connectivity index (χ2n) is 8.81. The summed E-state index contributed by atoms with van der Waals surface area (Å²) in [6.45, 7) is 10.9. The number of hydrogen-bond donors (Lipinski definition) is 1. The summed E-state index contributed by atoms with van der Waals surface area (Å²) in [4.78, 5) is 29.4. The van der Waals surface area contributed by atoms with Crippen LogP contribution in [0, 0.1) is 0 Å². The highest BCUT2D eigenvalue weighted by Crippen LogP contribution is 2.28. The fourth-order valence-corrected chi connectivity index (χ4v) is 3.98. The molecule has 1 saturated heterocycles. The maximum absolute atomic E-state index is 12.9. The normalized spacial score (nSPS) is 16.2. The third kappa shape index (κ3) is 5.41. The van der Waals surface area contributed by atoms with Gasteiger partial charge in [0.1, 0.15) is 0 Å². The maximum Gasteiger partial charge on any atom is 0.253 e. The summed E-state index contributed by atoms with van der Waals surface area (Å²) in [7, 11) is 0. The van der Waals surface area contributed by atoms with Crippen molar-refractivity contribution in [1.29, 1.82) is 0 Å². The Bertz CT molecular complexity index is 897. The quantitative estimate of drug-likeness (QED) is 0.787. The molecule has 1 fully saturated rings. The van der Waals surface area contributed by atoms with Crippen molar-refractivity contribution in [1.82, 2.24) is 15.1 Å². The van der Waals surface area contributed by atoms with Crippen molar-refractivity contribution >= 4 is 23.4 Å². The van der Waals surface area contributed by atoms with Gasteiger partial charge in [-0.05, 0) is 63.6 Å². The third-order valence-corrected chi connectivity index (χ3v) is 5.73. The number of amides is 2. The van der Waals surface area contributed by atoms with E-state index in [4.69, 9.17) is 11.6 Å². The van der Waals surface area contributed by atoms with Crippen molar-refractivity contribution in [2.45, 2.75) is 39.3 Å². The molecule has 1 heterocycles. The van der Waals surface area contributed by atoms with Crippen molar-refractivity contribution in [3.63, 3.8) is 0 Å². The fourth-order valence-electron chi connectivity index (χ4n) is 3.68. The molecule has 6 heteroatoms. The number of halogens is 1. The minimum Gasteiger partial charge on any atom is -0.347 e. The average Bonchev–Trinajstić information content (AvgIpc) is 2.72. The van der Waals surface area contributed by atoms with E-state index in [1.807, 2.05) is 43.9 Å². The minimum absolute atomic E-state index is 0.00262. The smallest absolute Gasteiger partial charge is 0.253 e. The number of benzene rings is 2. The molecule has 2 aromatic carbocycles. The van der Waals surface area contributed by atoms with Crippen molar-refractivity contribution < 1.29 is 9.59 Å². The van der Waals surface area contributed by atoms with Gasteiger partial charge < -0.3 is 10.2 Å². The minimum atomic E-state index is -0.299. The zero-order chi connectivity index (χ0) is 21.9. The average molecular weight is 428 g/mol. The van der Waals surface area contributed by atoms with E-state index in [0.717, 1.165) is 23.7 Å². The van der Waals surface area contributed by atoms with Gasteiger partial charge in [0.2, 0.25) is 0 Å². The molecule has 1 N–H and O–H groups in total. The predicted molar refractivity (Wildman–Crippen MR) is 121 cm³/mol. The Balaban J connectivity index is 1.59. The molecule has 0 spiro atoms. The molecule has 5 nitrogen and oxygen atoms in total. The molecule has 1 unspecified atom stereocenters. The highest BCUT2D eigenvalue weighted by molar-refractivity contribution is 6.31. The van der Waals surface area contributed by atoms with Gasteiger partial charge in [0.05, 0.1) is 0 Å². The molecule has 2 amide bonds. The molecule has 2 aromatic rings. The molecule has 30 heavy (non-hydrogen) atoms. The monoisotopic (exact) mass is 427 g/mol. The Hall–Kier alpha value is -2.37. The van der Waals surface area contributed by atoms with Crippen LogP contribution in [0.25, 0.3) is 0 Å². The molecule has 160 valence electrons. The van der Waals surface area contributed by atoms with Gasteiger partial charge in [0, 0.05) is 53.9 Å². The molecular weight excluding hydrogens is 398 g/mol. The number of piperazine rings is 1. The lowest BCUT2D eigenvalue weighted by Gasteiger charge is -2.38. The first-order valence-corrected chi connectivity index (χ1v) is 10.7. The third-order valence-electron chi connectivity index (χ3n) is 5.39. The van der Waals surface area contributed by atoms with Crippen LogP contribution in [0.15, 0.2) is 48.5 Å². The molecule has 0 bridgehead atoms. The largest absolute Gasteiger partial charge is 0.347 e. The summed E-state index contributed by atoms with van der Waals surface area (Å²) in [5.41, 5.74) is 1.98. The molecule has 1 aliphatic rings. The Morgan fingerprint density at radius 2 is 1.50 bits per heavy atom. The zero-order valence-corrected chi connectivity index (χ0v) is 18.9. The highest BCUT2D eigenvalue weighted by atomic mass is 35.5. The lowest BCUT2D eigenvalue weighted by molar-refractivity contribution is 0.0582. The summed E-state index contributed by atoms with van der Waals surface area (Å²) in [5, 5.41) is 3.71. The van der Waals surface area contributed by atoms with Crippen LogP contribution in [-0.4, -0.2) is 53.3 Å². The predicted octanol–water partition coefficient (Wildman–Crippen LogP) is 4.39.